The number of aldehydes is 1. The first-order valence-electron chi connectivity index (χ1n) is 5.60. The maximum atomic E-state index is 10.9. The van der Waals surface area contributed by atoms with Gasteiger partial charge in [0.1, 0.15) is 6.10 Å². The highest BCUT2D eigenvalue weighted by molar-refractivity contribution is 5.97. The third-order valence-electron chi connectivity index (χ3n) is 2.90. The summed E-state index contributed by atoms with van der Waals surface area (Å²) in [6.45, 7) is -0.219. The number of fused-ring (bicyclic) bond motifs is 1. The highest BCUT2D eigenvalue weighted by atomic mass is 16.3. The number of hydrogen-bond donors (Lipinski definition) is 3. The minimum atomic E-state index is -1.19. The number of azide groups is 1. The molecule has 1 heterocycles. The Bertz CT molecular complexity index is 645. The van der Waals surface area contributed by atoms with Gasteiger partial charge in [0.25, 0.3) is 0 Å². The van der Waals surface area contributed by atoms with Gasteiger partial charge in [0.05, 0.1) is 12.6 Å². The number of aliphatic hydroxyl groups is 2. The van der Waals surface area contributed by atoms with Crippen molar-refractivity contribution in [2.75, 3.05) is 6.54 Å². The summed E-state index contributed by atoms with van der Waals surface area (Å²) in [7, 11) is 0. The molecular formula is C12H12N4O3. The molecule has 0 spiro atoms. The van der Waals surface area contributed by atoms with Crippen LogP contribution in [-0.2, 0) is 0 Å². The Kier molecular flexibility index (Phi) is 3.82. The van der Waals surface area contributed by atoms with Crippen LogP contribution in [-0.4, -0.2) is 34.1 Å². The predicted octanol–water partition coefficient (Wildman–Crippen LogP) is 1.68. The van der Waals surface area contributed by atoms with Gasteiger partial charge in [0.15, 0.2) is 6.29 Å². The molecule has 2 atom stereocenters. The van der Waals surface area contributed by atoms with Crippen LogP contribution in [0.4, 0.5) is 0 Å². The van der Waals surface area contributed by atoms with Crippen molar-refractivity contribution in [1.29, 1.82) is 0 Å². The third kappa shape index (κ3) is 2.58. The van der Waals surface area contributed by atoms with Gasteiger partial charge in [-0.25, -0.2) is 0 Å². The van der Waals surface area contributed by atoms with E-state index in [1.165, 1.54) is 0 Å². The van der Waals surface area contributed by atoms with E-state index in [-0.39, 0.29) is 6.54 Å². The number of H-pyrrole nitrogens is 1. The van der Waals surface area contributed by atoms with E-state index < -0.39 is 12.2 Å². The summed E-state index contributed by atoms with van der Waals surface area (Å²) in [4.78, 5) is 16.3. The SMILES string of the molecule is [N-]=[N+]=NCC(O)C(O)c1ccc2[nH]cc(C=O)c2c1. The molecule has 0 fully saturated rings. The zero-order valence-corrected chi connectivity index (χ0v) is 9.89. The van der Waals surface area contributed by atoms with E-state index in [4.69, 9.17) is 5.53 Å². The predicted molar refractivity (Wildman–Crippen MR) is 68.7 cm³/mol. The van der Waals surface area contributed by atoms with Gasteiger partial charge in [-0.15, -0.1) is 0 Å². The van der Waals surface area contributed by atoms with Crippen LogP contribution in [0.1, 0.15) is 22.0 Å². The molecule has 1 aromatic carbocycles. The lowest BCUT2D eigenvalue weighted by Crippen LogP contribution is -2.21. The molecule has 0 aliphatic rings. The average Bonchev–Trinajstić information content (AvgIpc) is 2.85. The first kappa shape index (κ1) is 13.1. The van der Waals surface area contributed by atoms with Gasteiger partial charge in [-0.05, 0) is 23.2 Å². The van der Waals surface area contributed by atoms with E-state index in [1.54, 1.807) is 24.4 Å². The fourth-order valence-electron chi connectivity index (χ4n) is 1.88. The van der Waals surface area contributed by atoms with Gasteiger partial charge in [-0.3, -0.25) is 4.79 Å². The monoisotopic (exact) mass is 260 g/mol. The number of nitrogens with zero attached hydrogens (tertiary/aromatic N) is 3. The first-order chi connectivity index (χ1) is 9.17. The van der Waals surface area contributed by atoms with Crippen LogP contribution in [0.25, 0.3) is 21.3 Å². The minimum Gasteiger partial charge on any atom is -0.390 e. The van der Waals surface area contributed by atoms with Crippen LogP contribution >= 0.6 is 0 Å². The standard InChI is InChI=1S/C12H12N4O3/c13-16-15-5-11(18)12(19)7-1-2-10-9(3-7)8(6-17)4-14-10/h1-4,6,11-12,14,18-19H,5H2. The average molecular weight is 260 g/mol. The van der Waals surface area contributed by atoms with Crippen LogP contribution < -0.4 is 0 Å². The lowest BCUT2D eigenvalue weighted by atomic mass is 10.0. The quantitative estimate of drug-likeness (QED) is 0.328. The molecule has 0 saturated carbocycles. The molecule has 1 aromatic heterocycles. The normalized spacial score (nSPS) is 13.8. The molecule has 3 N–H and O–H groups in total. The number of nitrogens with one attached hydrogen (secondary N) is 1. The van der Waals surface area contributed by atoms with Crippen LogP contribution in [0.3, 0.4) is 0 Å². The van der Waals surface area contributed by atoms with Gasteiger partial charge >= 0.3 is 0 Å². The number of aromatic nitrogens is 1. The third-order valence-corrected chi connectivity index (χ3v) is 2.90. The van der Waals surface area contributed by atoms with Gasteiger partial charge in [-0.2, -0.15) is 0 Å². The summed E-state index contributed by atoms with van der Waals surface area (Å²) in [6.07, 6.45) is -0.0772. The maximum absolute atomic E-state index is 10.9. The van der Waals surface area contributed by atoms with Crippen molar-refractivity contribution < 1.29 is 15.0 Å². The molecule has 98 valence electrons. The van der Waals surface area contributed by atoms with Crippen molar-refractivity contribution in [1.82, 2.24) is 4.98 Å². The van der Waals surface area contributed by atoms with Crippen LogP contribution in [0.5, 0.6) is 0 Å². The van der Waals surface area contributed by atoms with Crippen LogP contribution in [0.15, 0.2) is 29.5 Å². The van der Waals surface area contributed by atoms with Gasteiger partial charge in [-0.1, -0.05) is 11.2 Å². The van der Waals surface area contributed by atoms with E-state index in [0.717, 1.165) is 5.52 Å². The topological polar surface area (TPSA) is 122 Å². The summed E-state index contributed by atoms with van der Waals surface area (Å²) in [6, 6.07) is 4.97. The molecule has 7 heteroatoms. The number of hydrogen-bond acceptors (Lipinski definition) is 4. The second kappa shape index (κ2) is 5.53. The van der Waals surface area contributed by atoms with Crippen LogP contribution in [0.2, 0.25) is 0 Å². The van der Waals surface area contributed by atoms with Crippen LogP contribution in [0, 0.1) is 0 Å². The number of rotatable bonds is 5. The van der Waals surface area contributed by atoms with Crippen molar-refractivity contribution in [3.63, 3.8) is 0 Å². The molecule has 2 aromatic rings. The number of benzene rings is 1. The Balaban J connectivity index is 2.33. The van der Waals surface area contributed by atoms with E-state index in [0.29, 0.717) is 22.8 Å². The van der Waals surface area contributed by atoms with Crippen molar-refractivity contribution in [3.8, 4) is 0 Å². The molecule has 7 nitrogen and oxygen atoms in total. The highest BCUT2D eigenvalue weighted by Gasteiger charge is 2.18. The van der Waals surface area contributed by atoms with Crippen molar-refractivity contribution in [2.45, 2.75) is 12.2 Å². The Morgan fingerprint density at radius 1 is 1.47 bits per heavy atom. The minimum absolute atomic E-state index is 0.219. The fraction of sp³-hybridized carbons (Fsp3) is 0.250. The first-order valence-corrected chi connectivity index (χ1v) is 5.60. The zero-order valence-electron chi connectivity index (χ0n) is 9.89. The van der Waals surface area contributed by atoms with E-state index in [2.05, 4.69) is 15.0 Å². The molecule has 2 rings (SSSR count). The lowest BCUT2D eigenvalue weighted by molar-refractivity contribution is 0.0245. The Morgan fingerprint density at radius 3 is 2.95 bits per heavy atom. The zero-order chi connectivity index (χ0) is 13.8. The number of aromatic amines is 1. The van der Waals surface area contributed by atoms with Gasteiger partial charge in [0, 0.05) is 27.6 Å². The lowest BCUT2D eigenvalue weighted by Gasteiger charge is -2.16. The smallest absolute Gasteiger partial charge is 0.152 e. The van der Waals surface area contributed by atoms with Crippen molar-refractivity contribution in [2.24, 2.45) is 5.11 Å². The summed E-state index contributed by atoms with van der Waals surface area (Å²) in [5.41, 5.74) is 9.87. The number of carbonyl (C=O) groups excluding carboxylic acids is 1. The summed E-state index contributed by atoms with van der Waals surface area (Å²) < 4.78 is 0. The molecule has 0 radical (unpaired) electrons. The second-order valence-corrected chi connectivity index (χ2v) is 4.09. The second-order valence-electron chi connectivity index (χ2n) is 4.09. The van der Waals surface area contributed by atoms with E-state index in [1.807, 2.05) is 0 Å². The summed E-state index contributed by atoms with van der Waals surface area (Å²) >= 11 is 0. The van der Waals surface area contributed by atoms with Gasteiger partial charge in [0.2, 0.25) is 0 Å². The van der Waals surface area contributed by atoms with Gasteiger partial charge < -0.3 is 15.2 Å². The summed E-state index contributed by atoms with van der Waals surface area (Å²) in [5, 5.41) is 23.5. The van der Waals surface area contributed by atoms with Crippen molar-refractivity contribution in [3.05, 3.63) is 46.0 Å². The Morgan fingerprint density at radius 2 is 2.26 bits per heavy atom. The Labute approximate surface area is 108 Å². The van der Waals surface area contributed by atoms with Crippen molar-refractivity contribution >= 4 is 17.2 Å². The number of aliphatic hydroxyl groups excluding tert-OH is 2. The molecule has 0 saturated heterocycles. The molecule has 2 unspecified atom stereocenters. The summed E-state index contributed by atoms with van der Waals surface area (Å²) in [5.74, 6) is 0. The molecule has 19 heavy (non-hydrogen) atoms. The number of carbonyl (C=O) groups is 1. The molecule has 0 aliphatic heterocycles. The fourth-order valence-corrected chi connectivity index (χ4v) is 1.88. The molecule has 0 bridgehead atoms. The highest BCUT2D eigenvalue weighted by Crippen LogP contribution is 2.24. The molecular weight excluding hydrogens is 248 g/mol. The molecule has 0 aliphatic carbocycles. The Hall–Kier alpha value is -2.34. The maximum Gasteiger partial charge on any atom is 0.152 e. The molecule has 0 amide bonds. The van der Waals surface area contributed by atoms with E-state index in [9.17, 15) is 15.0 Å². The van der Waals surface area contributed by atoms with E-state index >= 15 is 0 Å². The largest absolute Gasteiger partial charge is 0.390 e.